The average Bonchev–Trinajstić information content (AvgIpc) is 3.27. The second-order valence-electron chi connectivity index (χ2n) is 6.62. The fourth-order valence-electron chi connectivity index (χ4n) is 3.45. The van der Waals surface area contributed by atoms with Gasteiger partial charge in [0.05, 0.1) is 35.0 Å². The maximum atomic E-state index is 13.0. The Labute approximate surface area is 146 Å². The van der Waals surface area contributed by atoms with Crippen molar-refractivity contribution in [1.29, 1.82) is 0 Å². The molecule has 1 atom stereocenters. The number of rotatable bonds is 3. The van der Waals surface area contributed by atoms with Gasteiger partial charge in [0, 0.05) is 24.5 Å². The van der Waals surface area contributed by atoms with Gasteiger partial charge in [-0.15, -0.1) is 0 Å². The number of amides is 1. The molecule has 0 aliphatic carbocycles. The minimum atomic E-state index is 0.0663. The van der Waals surface area contributed by atoms with Crippen molar-refractivity contribution in [3.8, 4) is 0 Å². The van der Waals surface area contributed by atoms with Gasteiger partial charge in [-0.3, -0.25) is 9.48 Å². The van der Waals surface area contributed by atoms with E-state index in [1.165, 1.54) is 0 Å². The Morgan fingerprint density at radius 2 is 2.00 bits per heavy atom. The molecule has 6 heteroatoms. The average molecular weight is 335 g/mol. The maximum Gasteiger partial charge on any atom is 0.254 e. The van der Waals surface area contributed by atoms with Crippen LogP contribution < -0.4 is 0 Å². The summed E-state index contributed by atoms with van der Waals surface area (Å²) in [5.41, 5.74) is 4.10. The summed E-state index contributed by atoms with van der Waals surface area (Å²) < 4.78 is 1.90. The van der Waals surface area contributed by atoms with Gasteiger partial charge in [-0.05, 0) is 51.0 Å². The predicted molar refractivity (Wildman–Crippen MR) is 95.3 cm³/mol. The number of aromatic nitrogens is 4. The molecular weight excluding hydrogens is 314 g/mol. The standard InChI is InChI=1S/C19H21N5O/c1-13-14(2)22-18-11-15(6-7-17(18)21-13)19(25)24-10-3-5-16(24)12-23-9-4-8-20-23/h4,6-9,11,16H,3,5,10,12H2,1-2H3. The van der Waals surface area contributed by atoms with Crippen molar-refractivity contribution in [3.63, 3.8) is 0 Å². The van der Waals surface area contributed by atoms with Crippen molar-refractivity contribution in [2.24, 2.45) is 0 Å². The van der Waals surface area contributed by atoms with Crippen LogP contribution >= 0.6 is 0 Å². The minimum absolute atomic E-state index is 0.0663. The molecule has 1 aliphatic heterocycles. The van der Waals surface area contributed by atoms with Crippen LogP contribution in [0.1, 0.15) is 34.6 Å². The van der Waals surface area contributed by atoms with Crippen molar-refractivity contribution in [3.05, 3.63) is 53.6 Å². The topological polar surface area (TPSA) is 63.9 Å². The van der Waals surface area contributed by atoms with Crippen LogP contribution in [-0.2, 0) is 6.54 Å². The first-order chi connectivity index (χ1) is 12.1. The summed E-state index contributed by atoms with van der Waals surface area (Å²) >= 11 is 0. The van der Waals surface area contributed by atoms with Gasteiger partial charge in [-0.2, -0.15) is 5.10 Å². The Morgan fingerprint density at radius 3 is 2.76 bits per heavy atom. The molecule has 1 aliphatic rings. The van der Waals surface area contributed by atoms with Crippen LogP contribution in [0.15, 0.2) is 36.7 Å². The number of fused-ring (bicyclic) bond motifs is 1. The lowest BCUT2D eigenvalue weighted by Gasteiger charge is -2.25. The van der Waals surface area contributed by atoms with Crippen molar-refractivity contribution in [1.82, 2.24) is 24.6 Å². The van der Waals surface area contributed by atoms with Gasteiger partial charge in [-0.1, -0.05) is 0 Å². The molecule has 1 saturated heterocycles. The summed E-state index contributed by atoms with van der Waals surface area (Å²) in [5.74, 6) is 0.0663. The third-order valence-electron chi connectivity index (χ3n) is 4.92. The van der Waals surface area contributed by atoms with Gasteiger partial charge in [0.25, 0.3) is 5.91 Å². The monoisotopic (exact) mass is 335 g/mol. The Hall–Kier alpha value is -2.76. The zero-order valence-electron chi connectivity index (χ0n) is 14.5. The molecule has 2 aromatic heterocycles. The van der Waals surface area contributed by atoms with E-state index < -0.39 is 0 Å². The Bertz CT molecular complexity index is 919. The zero-order valence-corrected chi connectivity index (χ0v) is 14.5. The molecule has 1 fully saturated rings. The molecule has 3 heterocycles. The van der Waals surface area contributed by atoms with E-state index >= 15 is 0 Å². The van der Waals surface area contributed by atoms with Gasteiger partial charge < -0.3 is 4.90 Å². The van der Waals surface area contributed by atoms with Crippen LogP contribution in [0.3, 0.4) is 0 Å². The molecule has 6 nitrogen and oxygen atoms in total. The van der Waals surface area contributed by atoms with Crippen molar-refractivity contribution >= 4 is 16.9 Å². The molecule has 128 valence electrons. The molecule has 0 bridgehead atoms. The molecule has 0 N–H and O–H groups in total. The van der Waals surface area contributed by atoms with E-state index in [0.717, 1.165) is 48.4 Å². The molecule has 1 aromatic carbocycles. The van der Waals surface area contributed by atoms with Gasteiger partial charge >= 0.3 is 0 Å². The smallest absolute Gasteiger partial charge is 0.254 e. The number of carbonyl (C=O) groups excluding carboxylic acids is 1. The first-order valence-electron chi connectivity index (χ1n) is 8.65. The van der Waals surface area contributed by atoms with Crippen LogP contribution in [0.2, 0.25) is 0 Å². The molecule has 0 radical (unpaired) electrons. The molecule has 0 saturated carbocycles. The summed E-state index contributed by atoms with van der Waals surface area (Å²) in [6.07, 6.45) is 5.76. The quantitative estimate of drug-likeness (QED) is 0.738. The molecule has 25 heavy (non-hydrogen) atoms. The molecule has 1 amide bonds. The second-order valence-corrected chi connectivity index (χ2v) is 6.62. The van der Waals surface area contributed by atoms with E-state index in [9.17, 15) is 4.79 Å². The number of nitrogens with zero attached hydrogens (tertiary/aromatic N) is 5. The lowest BCUT2D eigenvalue weighted by Crippen LogP contribution is -2.38. The van der Waals surface area contributed by atoms with Gasteiger partial charge in [0.2, 0.25) is 0 Å². The number of aryl methyl sites for hydroxylation is 2. The molecular formula is C19H21N5O. The van der Waals surface area contributed by atoms with Gasteiger partial charge in [0.15, 0.2) is 0 Å². The Kier molecular flexibility index (Phi) is 3.95. The Balaban J connectivity index is 1.61. The summed E-state index contributed by atoms with van der Waals surface area (Å²) in [7, 11) is 0. The van der Waals surface area contributed by atoms with Crippen LogP contribution in [-0.4, -0.2) is 43.1 Å². The number of carbonyl (C=O) groups is 1. The van der Waals surface area contributed by atoms with Crippen LogP contribution in [0.4, 0.5) is 0 Å². The van der Waals surface area contributed by atoms with E-state index in [2.05, 4.69) is 15.1 Å². The Morgan fingerprint density at radius 1 is 1.20 bits per heavy atom. The third kappa shape index (κ3) is 2.99. The fourth-order valence-corrected chi connectivity index (χ4v) is 3.45. The summed E-state index contributed by atoms with van der Waals surface area (Å²) in [6.45, 7) is 5.42. The van der Waals surface area contributed by atoms with Gasteiger partial charge in [-0.25, -0.2) is 9.97 Å². The highest BCUT2D eigenvalue weighted by Gasteiger charge is 2.30. The van der Waals surface area contributed by atoms with Crippen LogP contribution in [0.25, 0.3) is 11.0 Å². The summed E-state index contributed by atoms with van der Waals surface area (Å²) in [5, 5.41) is 4.27. The van der Waals surface area contributed by atoms with Crippen molar-refractivity contribution in [2.45, 2.75) is 39.3 Å². The number of hydrogen-bond acceptors (Lipinski definition) is 4. The first kappa shape index (κ1) is 15.7. The van der Waals surface area contributed by atoms with E-state index in [-0.39, 0.29) is 11.9 Å². The summed E-state index contributed by atoms with van der Waals surface area (Å²) in [4.78, 5) is 24.1. The van der Waals surface area contributed by atoms with Crippen LogP contribution in [0.5, 0.6) is 0 Å². The van der Waals surface area contributed by atoms with E-state index in [1.54, 1.807) is 6.20 Å². The number of likely N-dealkylation sites (tertiary alicyclic amines) is 1. The minimum Gasteiger partial charge on any atom is -0.334 e. The van der Waals surface area contributed by atoms with Crippen molar-refractivity contribution in [2.75, 3.05) is 6.54 Å². The first-order valence-corrected chi connectivity index (χ1v) is 8.65. The highest BCUT2D eigenvalue weighted by molar-refractivity contribution is 5.97. The maximum absolute atomic E-state index is 13.0. The number of benzene rings is 1. The predicted octanol–water partition coefficient (Wildman–Crippen LogP) is 2.75. The highest BCUT2D eigenvalue weighted by Crippen LogP contribution is 2.23. The largest absolute Gasteiger partial charge is 0.334 e. The lowest BCUT2D eigenvalue weighted by atomic mass is 10.1. The van der Waals surface area contributed by atoms with E-state index in [4.69, 9.17) is 0 Å². The second kappa shape index (κ2) is 6.27. The van der Waals surface area contributed by atoms with E-state index in [1.807, 2.05) is 53.9 Å². The SMILES string of the molecule is Cc1nc2ccc(C(=O)N3CCCC3Cn3cccn3)cc2nc1C. The molecule has 0 spiro atoms. The molecule has 3 aromatic rings. The van der Waals surface area contributed by atoms with Gasteiger partial charge in [0.1, 0.15) is 0 Å². The third-order valence-corrected chi connectivity index (χ3v) is 4.92. The fraction of sp³-hybridized carbons (Fsp3) is 0.368. The highest BCUT2D eigenvalue weighted by atomic mass is 16.2. The molecule has 1 unspecified atom stereocenters. The zero-order chi connectivity index (χ0) is 17.4. The van der Waals surface area contributed by atoms with Crippen molar-refractivity contribution < 1.29 is 4.79 Å². The normalized spacial score (nSPS) is 17.4. The summed E-state index contributed by atoms with van der Waals surface area (Å²) in [6, 6.07) is 7.71. The van der Waals surface area contributed by atoms with Crippen LogP contribution in [0, 0.1) is 13.8 Å². The lowest BCUT2D eigenvalue weighted by molar-refractivity contribution is 0.0722. The molecule has 4 rings (SSSR count). The van der Waals surface area contributed by atoms with E-state index in [0.29, 0.717) is 5.56 Å². The number of hydrogen-bond donors (Lipinski definition) is 0.